The van der Waals surface area contributed by atoms with Crippen LogP contribution in [-0.4, -0.2) is 77.8 Å². The van der Waals surface area contributed by atoms with E-state index in [2.05, 4.69) is 10.6 Å². The predicted molar refractivity (Wildman–Crippen MR) is 203 cm³/mol. The van der Waals surface area contributed by atoms with Crippen LogP contribution in [0.15, 0.2) is 95.9 Å². The Morgan fingerprint density at radius 1 is 0.923 bits per heavy atom. The Kier molecular flexibility index (Phi) is 12.3. The fourth-order valence-electron chi connectivity index (χ4n) is 6.69. The summed E-state index contributed by atoms with van der Waals surface area (Å²) < 4.78 is 27.4. The molecule has 4 aromatic rings. The zero-order valence-electron chi connectivity index (χ0n) is 29.7. The first-order valence-electron chi connectivity index (χ1n) is 17.3. The Hall–Kier alpha value is -4.49. The van der Waals surface area contributed by atoms with Gasteiger partial charge < -0.3 is 21.1 Å². The Labute approximate surface area is 310 Å². The number of aliphatic hydroxyl groups is 1. The summed E-state index contributed by atoms with van der Waals surface area (Å²) in [6, 6.07) is 24.4. The maximum absolute atomic E-state index is 14.1. The number of benzene rings is 4. The van der Waals surface area contributed by atoms with Crippen LogP contribution in [0.1, 0.15) is 38.8 Å². The number of nitrogens with one attached hydrogen (secondary N) is 2. The van der Waals surface area contributed by atoms with E-state index < -0.39 is 57.2 Å². The lowest BCUT2D eigenvalue weighted by atomic mass is 9.97. The minimum atomic E-state index is -3.96. The molecule has 4 amide bonds. The number of hydrogen-bond donors (Lipinski definition) is 4. The van der Waals surface area contributed by atoms with Gasteiger partial charge in [-0.2, -0.15) is 0 Å². The molecule has 0 bridgehead atoms. The minimum absolute atomic E-state index is 0.0108. The van der Waals surface area contributed by atoms with Gasteiger partial charge in [-0.3, -0.25) is 19.8 Å². The van der Waals surface area contributed by atoms with Gasteiger partial charge in [0.2, 0.25) is 5.91 Å². The Morgan fingerprint density at radius 3 is 2.27 bits per heavy atom. The van der Waals surface area contributed by atoms with Gasteiger partial charge in [0.25, 0.3) is 5.91 Å². The summed E-state index contributed by atoms with van der Waals surface area (Å²) in [6.07, 6.45) is -1.03. The third kappa shape index (κ3) is 8.58. The van der Waals surface area contributed by atoms with Gasteiger partial charge in [-0.1, -0.05) is 112 Å². The number of amides is 4. The van der Waals surface area contributed by atoms with E-state index >= 15 is 0 Å². The van der Waals surface area contributed by atoms with E-state index in [1.54, 1.807) is 27.7 Å². The maximum atomic E-state index is 14.1. The molecule has 4 atom stereocenters. The third-order valence-corrected chi connectivity index (χ3v) is 12.0. The Morgan fingerprint density at radius 2 is 1.60 bits per heavy atom. The van der Waals surface area contributed by atoms with Crippen molar-refractivity contribution in [2.45, 2.75) is 69.1 Å². The second-order valence-electron chi connectivity index (χ2n) is 13.9. The van der Waals surface area contributed by atoms with Crippen LogP contribution in [-0.2, 0) is 32.4 Å². The van der Waals surface area contributed by atoms with E-state index in [9.17, 15) is 27.9 Å². The van der Waals surface area contributed by atoms with Gasteiger partial charge >= 0.3 is 6.03 Å². The summed E-state index contributed by atoms with van der Waals surface area (Å²) in [6.45, 7) is 6.68. The van der Waals surface area contributed by atoms with Crippen LogP contribution < -0.4 is 16.4 Å². The number of hydrogen-bond acceptors (Lipinski definition) is 8. The molecule has 1 aliphatic rings. The fraction of sp³-hybridized carbons (Fsp3) is 0.359. The smallest absolute Gasteiger partial charge is 0.328 e. The summed E-state index contributed by atoms with van der Waals surface area (Å²) in [5.74, 6) is -1.74. The number of sulfone groups is 1. The van der Waals surface area contributed by atoms with E-state index in [0.29, 0.717) is 0 Å². The number of fused-ring (bicyclic) bond motifs is 1. The zero-order chi connectivity index (χ0) is 37.7. The topological polar surface area (TPSA) is 162 Å². The monoisotopic (exact) mass is 747 g/mol. The summed E-state index contributed by atoms with van der Waals surface area (Å²) in [5, 5.41) is 18.6. The standard InChI is InChI=1S/C39H46ClN5O6S/c1-24(2)36(45-23-35(47)44(39(45)49)22-28-15-10-14-27-13-8-9-16-30(27)28)37(48)43-33(19-26-11-6-5-7-12-26)34(46)21-42-38(25(3)4)52(50,51)29-17-18-31(40)32(41)20-29/h5-18,20,24-25,33-34,36,38,42,46H,19,21-23,41H2,1-4H3,(H,43,48)/t33-,34+,36-,38-/m0/s1. The quantitative estimate of drug-likeness (QED) is 0.0977. The van der Waals surface area contributed by atoms with E-state index in [1.165, 1.54) is 28.0 Å². The first-order valence-corrected chi connectivity index (χ1v) is 19.2. The van der Waals surface area contributed by atoms with Gasteiger partial charge in [0.05, 0.1) is 34.3 Å². The number of carbonyl (C=O) groups excluding carboxylic acids is 3. The predicted octanol–water partition coefficient (Wildman–Crippen LogP) is 5.00. The normalized spacial score (nSPS) is 16.1. The maximum Gasteiger partial charge on any atom is 0.328 e. The molecule has 0 unspecified atom stereocenters. The van der Waals surface area contributed by atoms with Crippen molar-refractivity contribution in [1.29, 1.82) is 0 Å². The van der Waals surface area contributed by atoms with Crippen molar-refractivity contribution in [3.8, 4) is 0 Å². The van der Waals surface area contributed by atoms with Crippen LogP contribution in [0.3, 0.4) is 0 Å². The van der Waals surface area contributed by atoms with Crippen molar-refractivity contribution < 1.29 is 27.9 Å². The molecule has 0 aromatic heterocycles. The van der Waals surface area contributed by atoms with Crippen molar-refractivity contribution in [2.75, 3.05) is 18.8 Å². The van der Waals surface area contributed by atoms with Crippen molar-refractivity contribution in [3.63, 3.8) is 0 Å². The van der Waals surface area contributed by atoms with Gasteiger partial charge in [-0.25, -0.2) is 13.2 Å². The molecule has 1 aliphatic heterocycles. The highest BCUT2D eigenvalue weighted by molar-refractivity contribution is 7.92. The summed E-state index contributed by atoms with van der Waals surface area (Å²) >= 11 is 6.03. The number of nitrogens with zero attached hydrogens (tertiary/aromatic N) is 2. The number of nitrogens with two attached hydrogens (primary N) is 1. The lowest BCUT2D eigenvalue weighted by Gasteiger charge is -2.33. The summed E-state index contributed by atoms with van der Waals surface area (Å²) in [4.78, 5) is 43.7. The number of nitrogen functional groups attached to an aromatic ring is 1. The van der Waals surface area contributed by atoms with Crippen molar-refractivity contribution in [2.24, 2.45) is 11.8 Å². The molecule has 1 fully saturated rings. The molecule has 276 valence electrons. The first kappa shape index (κ1) is 38.7. The Bertz CT molecular complexity index is 2020. The minimum Gasteiger partial charge on any atom is -0.397 e. The van der Waals surface area contributed by atoms with E-state index in [1.807, 2.05) is 72.8 Å². The molecule has 1 heterocycles. The molecule has 0 aliphatic carbocycles. The number of halogens is 1. The van der Waals surface area contributed by atoms with Crippen LogP contribution in [0.4, 0.5) is 10.5 Å². The zero-order valence-corrected chi connectivity index (χ0v) is 31.3. The number of rotatable bonds is 15. The molecule has 5 rings (SSSR count). The molecule has 13 heteroatoms. The van der Waals surface area contributed by atoms with E-state index in [-0.39, 0.29) is 47.6 Å². The molecule has 0 radical (unpaired) electrons. The second-order valence-corrected chi connectivity index (χ2v) is 16.4. The van der Waals surface area contributed by atoms with Gasteiger partial charge in [0.15, 0.2) is 9.84 Å². The SMILES string of the molecule is CC(C)[C@@H](C(=O)N[C@@H](Cc1ccccc1)[C@H](O)CN[C@H](C(C)C)S(=O)(=O)c1ccc(Cl)c(N)c1)N1CC(=O)N(Cc2cccc3ccccc23)C1=O. The fourth-order valence-corrected chi connectivity index (χ4v) is 8.68. The van der Waals surface area contributed by atoms with Crippen LogP contribution in [0.5, 0.6) is 0 Å². The van der Waals surface area contributed by atoms with Gasteiger partial charge in [-0.15, -0.1) is 0 Å². The molecule has 0 saturated carbocycles. The molecule has 52 heavy (non-hydrogen) atoms. The number of aliphatic hydroxyl groups excluding tert-OH is 1. The number of imide groups is 1. The number of anilines is 1. The summed E-state index contributed by atoms with van der Waals surface area (Å²) in [5.41, 5.74) is 7.67. The van der Waals surface area contributed by atoms with Gasteiger partial charge in [-0.05, 0) is 58.4 Å². The molecule has 11 nitrogen and oxygen atoms in total. The van der Waals surface area contributed by atoms with Crippen LogP contribution in [0.2, 0.25) is 5.02 Å². The molecule has 0 spiro atoms. The third-order valence-electron chi connectivity index (χ3n) is 9.38. The molecular weight excluding hydrogens is 702 g/mol. The van der Waals surface area contributed by atoms with Crippen molar-refractivity contribution in [3.05, 3.63) is 107 Å². The highest BCUT2D eigenvalue weighted by Gasteiger charge is 2.44. The largest absolute Gasteiger partial charge is 0.397 e. The van der Waals surface area contributed by atoms with Crippen LogP contribution in [0.25, 0.3) is 10.8 Å². The van der Waals surface area contributed by atoms with Crippen LogP contribution >= 0.6 is 11.6 Å². The molecule has 1 saturated heterocycles. The average Bonchev–Trinajstić information content (AvgIpc) is 3.37. The Balaban J connectivity index is 1.35. The summed E-state index contributed by atoms with van der Waals surface area (Å²) in [7, 11) is -3.96. The highest BCUT2D eigenvalue weighted by Crippen LogP contribution is 2.28. The number of carbonyl (C=O) groups is 3. The number of urea groups is 1. The lowest BCUT2D eigenvalue weighted by Crippen LogP contribution is -2.57. The van der Waals surface area contributed by atoms with Gasteiger partial charge in [0, 0.05) is 6.54 Å². The molecule has 5 N–H and O–H groups in total. The van der Waals surface area contributed by atoms with E-state index in [4.69, 9.17) is 17.3 Å². The van der Waals surface area contributed by atoms with Crippen molar-refractivity contribution in [1.82, 2.24) is 20.4 Å². The molecule has 4 aromatic carbocycles. The average molecular weight is 748 g/mol. The van der Waals surface area contributed by atoms with E-state index in [0.717, 1.165) is 21.9 Å². The van der Waals surface area contributed by atoms with Gasteiger partial charge in [0.1, 0.15) is 18.0 Å². The lowest BCUT2D eigenvalue weighted by molar-refractivity contribution is -0.129. The second kappa shape index (κ2) is 16.5. The molecular formula is C39H46ClN5O6S. The van der Waals surface area contributed by atoms with Crippen molar-refractivity contribution >= 4 is 55.7 Å². The van der Waals surface area contributed by atoms with Crippen LogP contribution in [0, 0.1) is 11.8 Å². The first-order chi connectivity index (χ1) is 24.7. The highest BCUT2D eigenvalue weighted by atomic mass is 35.5.